The molecule has 2 nitrogen and oxygen atoms in total. The van der Waals surface area contributed by atoms with Crippen molar-refractivity contribution in [3.63, 3.8) is 0 Å². The molecule has 0 bridgehead atoms. The third-order valence-electron chi connectivity index (χ3n) is 1.51. The first-order chi connectivity index (χ1) is 3.34. The van der Waals surface area contributed by atoms with Gasteiger partial charge in [0.15, 0.2) is 0 Å². The van der Waals surface area contributed by atoms with E-state index in [1.54, 1.807) is 4.90 Å². The van der Waals surface area contributed by atoms with Crippen LogP contribution in [0.4, 0.5) is 0 Å². The van der Waals surface area contributed by atoms with Gasteiger partial charge >= 0.3 is 0 Å². The summed E-state index contributed by atoms with van der Waals surface area (Å²) in [5.41, 5.74) is 0. The van der Waals surface area contributed by atoms with Crippen LogP contribution in [0.2, 0.25) is 0 Å². The fourth-order valence-electron chi connectivity index (χ4n) is 0.693. The van der Waals surface area contributed by atoms with Crippen LogP contribution in [0.15, 0.2) is 0 Å². The van der Waals surface area contributed by atoms with Crippen molar-refractivity contribution in [2.45, 2.75) is 19.4 Å². The maximum absolute atomic E-state index is 9.92. The summed E-state index contributed by atoms with van der Waals surface area (Å²) in [5, 5.41) is 0. The Labute approximate surface area is 43.1 Å². The minimum absolute atomic E-state index is 0.512. The Morgan fingerprint density at radius 2 is 2.57 bits per heavy atom. The second kappa shape index (κ2) is 1.52. The highest BCUT2D eigenvalue weighted by molar-refractivity contribution is 5.49. The van der Waals surface area contributed by atoms with Crippen LogP contribution in [0.5, 0.6) is 0 Å². The van der Waals surface area contributed by atoms with Crippen LogP contribution in [0, 0.1) is 0 Å². The number of hydrogen-bond acceptors (Lipinski definition) is 1. The lowest BCUT2D eigenvalue weighted by molar-refractivity contribution is -0.124. The van der Waals surface area contributed by atoms with E-state index in [0.29, 0.717) is 6.04 Å². The maximum Gasteiger partial charge on any atom is 0.209 e. The molecule has 1 saturated heterocycles. The van der Waals surface area contributed by atoms with Crippen LogP contribution in [0.3, 0.4) is 0 Å². The van der Waals surface area contributed by atoms with E-state index in [1.807, 2.05) is 0 Å². The van der Waals surface area contributed by atoms with E-state index in [0.717, 1.165) is 13.0 Å². The molecular formula is C5H9NO. The number of rotatable bonds is 1. The smallest absolute Gasteiger partial charge is 0.209 e. The SMILES string of the molecule is C[C@@H]1CCN1C=O. The van der Waals surface area contributed by atoms with E-state index < -0.39 is 0 Å². The van der Waals surface area contributed by atoms with Gasteiger partial charge in [-0.05, 0) is 13.3 Å². The molecule has 0 aromatic heterocycles. The van der Waals surface area contributed by atoms with Gasteiger partial charge < -0.3 is 4.90 Å². The van der Waals surface area contributed by atoms with Crippen LogP contribution in [0.1, 0.15) is 13.3 Å². The van der Waals surface area contributed by atoms with Crippen molar-refractivity contribution < 1.29 is 4.79 Å². The molecule has 1 aliphatic heterocycles. The average Bonchev–Trinajstić information content (AvgIpc) is 1.65. The van der Waals surface area contributed by atoms with Gasteiger partial charge in [0.25, 0.3) is 0 Å². The van der Waals surface area contributed by atoms with Gasteiger partial charge in [-0.1, -0.05) is 0 Å². The first-order valence-electron chi connectivity index (χ1n) is 2.55. The summed E-state index contributed by atoms with van der Waals surface area (Å²) in [4.78, 5) is 11.7. The summed E-state index contributed by atoms with van der Waals surface area (Å²) >= 11 is 0. The third kappa shape index (κ3) is 0.601. The molecule has 0 aromatic carbocycles. The van der Waals surface area contributed by atoms with Gasteiger partial charge in [0.2, 0.25) is 6.41 Å². The van der Waals surface area contributed by atoms with Crippen molar-refractivity contribution in [2.24, 2.45) is 0 Å². The van der Waals surface area contributed by atoms with Gasteiger partial charge in [0, 0.05) is 12.6 Å². The first kappa shape index (κ1) is 4.62. The highest BCUT2D eigenvalue weighted by Crippen LogP contribution is 2.11. The molecule has 1 fully saturated rings. The molecular weight excluding hydrogens is 90.1 g/mol. The molecule has 0 unspecified atom stereocenters. The largest absolute Gasteiger partial charge is 0.342 e. The third-order valence-corrected chi connectivity index (χ3v) is 1.51. The fourth-order valence-corrected chi connectivity index (χ4v) is 0.693. The van der Waals surface area contributed by atoms with Crippen LogP contribution in [0.25, 0.3) is 0 Å². The van der Waals surface area contributed by atoms with Crippen molar-refractivity contribution in [3.8, 4) is 0 Å². The number of hydrogen-bond donors (Lipinski definition) is 0. The van der Waals surface area contributed by atoms with Crippen molar-refractivity contribution in [1.82, 2.24) is 4.90 Å². The van der Waals surface area contributed by atoms with Gasteiger partial charge in [-0.3, -0.25) is 4.79 Å². The number of amides is 1. The van der Waals surface area contributed by atoms with Gasteiger partial charge in [0.05, 0.1) is 0 Å². The first-order valence-corrected chi connectivity index (χ1v) is 2.55. The molecule has 1 heterocycles. The minimum atomic E-state index is 0.512. The van der Waals surface area contributed by atoms with E-state index in [2.05, 4.69) is 6.92 Å². The van der Waals surface area contributed by atoms with Crippen LogP contribution < -0.4 is 0 Å². The quantitative estimate of drug-likeness (QED) is 0.431. The molecule has 7 heavy (non-hydrogen) atoms. The average molecular weight is 99.1 g/mol. The molecule has 0 radical (unpaired) electrons. The van der Waals surface area contributed by atoms with Gasteiger partial charge in [-0.2, -0.15) is 0 Å². The summed E-state index contributed by atoms with van der Waals surface area (Å²) < 4.78 is 0. The van der Waals surface area contributed by atoms with E-state index in [9.17, 15) is 4.79 Å². The lowest BCUT2D eigenvalue weighted by Crippen LogP contribution is -2.44. The monoisotopic (exact) mass is 99.1 g/mol. The zero-order chi connectivity index (χ0) is 5.28. The normalized spacial score (nSPS) is 29.3. The zero-order valence-electron chi connectivity index (χ0n) is 4.42. The number of carbonyl (C=O) groups is 1. The number of likely N-dealkylation sites (tertiary alicyclic amines) is 1. The highest BCUT2D eigenvalue weighted by atomic mass is 16.1. The molecule has 1 rings (SSSR count). The summed E-state index contributed by atoms with van der Waals surface area (Å²) in [6.45, 7) is 3.02. The van der Waals surface area contributed by atoms with E-state index in [-0.39, 0.29) is 0 Å². The minimum Gasteiger partial charge on any atom is -0.342 e. The lowest BCUT2D eigenvalue weighted by atomic mass is 10.1. The molecule has 1 amide bonds. The second-order valence-corrected chi connectivity index (χ2v) is 1.98. The molecule has 40 valence electrons. The molecule has 0 aromatic rings. The topological polar surface area (TPSA) is 20.3 Å². The summed E-state index contributed by atoms with van der Waals surface area (Å²) in [6, 6.07) is 0.512. The molecule has 0 saturated carbocycles. The van der Waals surface area contributed by atoms with E-state index >= 15 is 0 Å². The molecule has 0 spiro atoms. The van der Waals surface area contributed by atoms with Gasteiger partial charge in [-0.15, -0.1) is 0 Å². The predicted octanol–water partition coefficient (Wildman–Crippen LogP) is 0.237. The van der Waals surface area contributed by atoms with Crippen LogP contribution >= 0.6 is 0 Å². The van der Waals surface area contributed by atoms with Gasteiger partial charge in [0.1, 0.15) is 0 Å². The molecule has 2 heteroatoms. The van der Waals surface area contributed by atoms with Crippen molar-refractivity contribution in [1.29, 1.82) is 0 Å². The fraction of sp³-hybridized carbons (Fsp3) is 0.800. The van der Waals surface area contributed by atoms with Crippen LogP contribution in [-0.2, 0) is 4.79 Å². The predicted molar refractivity (Wildman–Crippen MR) is 26.8 cm³/mol. The molecule has 1 atom stereocenters. The number of nitrogens with zero attached hydrogens (tertiary/aromatic N) is 1. The van der Waals surface area contributed by atoms with Crippen molar-refractivity contribution in [2.75, 3.05) is 6.54 Å². The summed E-state index contributed by atoms with van der Waals surface area (Å²) in [5.74, 6) is 0. The van der Waals surface area contributed by atoms with Crippen molar-refractivity contribution in [3.05, 3.63) is 0 Å². The van der Waals surface area contributed by atoms with Crippen molar-refractivity contribution >= 4 is 6.41 Å². The maximum atomic E-state index is 9.92. The Balaban J connectivity index is 2.28. The summed E-state index contributed by atoms with van der Waals surface area (Å²) in [6.07, 6.45) is 2.09. The summed E-state index contributed by atoms with van der Waals surface area (Å²) in [7, 11) is 0. The Morgan fingerprint density at radius 1 is 1.86 bits per heavy atom. The lowest BCUT2D eigenvalue weighted by Gasteiger charge is -2.34. The molecule has 0 N–H and O–H groups in total. The zero-order valence-corrected chi connectivity index (χ0v) is 4.42. The Hall–Kier alpha value is -0.530. The standard InChI is InChI=1S/C5H9NO/c1-5-2-3-6(5)4-7/h4-5H,2-3H2,1H3/t5-/m1/s1. The van der Waals surface area contributed by atoms with E-state index in [4.69, 9.17) is 0 Å². The Kier molecular flexibility index (Phi) is 1.01. The molecule has 1 aliphatic rings. The Bertz CT molecular complexity index is 82.1. The van der Waals surface area contributed by atoms with E-state index in [1.165, 1.54) is 6.42 Å². The van der Waals surface area contributed by atoms with Crippen LogP contribution in [-0.4, -0.2) is 23.9 Å². The van der Waals surface area contributed by atoms with Gasteiger partial charge in [-0.25, -0.2) is 0 Å². The highest BCUT2D eigenvalue weighted by Gasteiger charge is 2.20. The molecule has 0 aliphatic carbocycles. The second-order valence-electron chi connectivity index (χ2n) is 1.98. The Morgan fingerprint density at radius 3 is 2.57 bits per heavy atom. The number of carbonyl (C=O) groups excluding carboxylic acids is 1.